The summed E-state index contributed by atoms with van der Waals surface area (Å²) in [6.45, 7) is 4.33. The first-order valence-electron chi connectivity index (χ1n) is 13.0. The van der Waals surface area contributed by atoms with Crippen molar-refractivity contribution >= 4 is 11.9 Å². The molecule has 0 radical (unpaired) electrons. The van der Waals surface area contributed by atoms with Crippen LogP contribution in [-0.4, -0.2) is 23.1 Å². The van der Waals surface area contributed by atoms with Crippen molar-refractivity contribution in [2.24, 2.45) is 0 Å². The zero-order chi connectivity index (χ0) is 23.7. The fourth-order valence-electron chi connectivity index (χ4n) is 3.44. The van der Waals surface area contributed by atoms with Gasteiger partial charge in [-0.25, -0.2) is 0 Å². The summed E-state index contributed by atoms with van der Waals surface area (Å²) in [6.07, 6.45) is 29.2. The summed E-state index contributed by atoms with van der Waals surface area (Å²) in [7, 11) is 0. The summed E-state index contributed by atoms with van der Waals surface area (Å²) in [5, 5.41) is 8.98. The minimum absolute atomic E-state index is 0.0906. The van der Waals surface area contributed by atoms with Crippen LogP contribution in [0.1, 0.15) is 123 Å². The highest BCUT2D eigenvalue weighted by Crippen LogP contribution is 2.13. The highest BCUT2D eigenvalue weighted by atomic mass is 16.5. The Morgan fingerprint density at radius 1 is 0.719 bits per heavy atom. The van der Waals surface area contributed by atoms with Crippen molar-refractivity contribution in [3.05, 3.63) is 36.5 Å². The van der Waals surface area contributed by atoms with Crippen LogP contribution in [0.2, 0.25) is 0 Å². The van der Waals surface area contributed by atoms with Gasteiger partial charge in [-0.15, -0.1) is 0 Å². The lowest BCUT2D eigenvalue weighted by Gasteiger charge is -2.16. The van der Waals surface area contributed by atoms with Crippen molar-refractivity contribution in [3.63, 3.8) is 0 Å². The minimum Gasteiger partial charge on any atom is -0.481 e. The molecule has 1 atom stereocenters. The largest absolute Gasteiger partial charge is 0.481 e. The van der Waals surface area contributed by atoms with Gasteiger partial charge in [0, 0.05) is 6.42 Å². The SMILES string of the molecule is CCCCC/C=C\C/C=C\C/C=C\CCCCCCC(=O)OC(CCCCC)CC(=O)O. The van der Waals surface area contributed by atoms with E-state index in [1.807, 2.05) is 0 Å². The third-order valence-corrected chi connectivity index (χ3v) is 5.35. The standard InChI is InChI=1S/C28H48O4/c1-3-5-7-8-9-10-11-12-13-14-15-16-17-18-19-20-22-24-28(31)32-26(25-27(29)30)23-21-6-4-2/h9-10,12-13,15-16,26H,3-8,11,14,17-25H2,1-2H3,(H,29,30)/b10-9-,13-12-,16-15-. The molecule has 0 spiro atoms. The highest BCUT2D eigenvalue weighted by Gasteiger charge is 2.17. The number of carboxylic acids is 1. The fourth-order valence-corrected chi connectivity index (χ4v) is 3.44. The van der Waals surface area contributed by atoms with Crippen LogP contribution < -0.4 is 0 Å². The number of rotatable bonds is 22. The molecule has 1 unspecified atom stereocenters. The number of esters is 1. The second-order valence-electron chi connectivity index (χ2n) is 8.54. The maximum absolute atomic E-state index is 12.0. The molecule has 0 heterocycles. The normalized spacial score (nSPS) is 12.8. The number of ether oxygens (including phenoxy) is 1. The molecule has 0 aromatic heterocycles. The van der Waals surface area contributed by atoms with Crippen LogP contribution in [0, 0.1) is 0 Å². The Labute approximate surface area is 197 Å². The molecule has 0 saturated heterocycles. The smallest absolute Gasteiger partial charge is 0.307 e. The van der Waals surface area contributed by atoms with Gasteiger partial charge < -0.3 is 9.84 Å². The molecule has 32 heavy (non-hydrogen) atoms. The van der Waals surface area contributed by atoms with Gasteiger partial charge in [-0.3, -0.25) is 9.59 Å². The molecule has 0 rings (SSSR count). The molecule has 4 heteroatoms. The molecule has 0 aliphatic carbocycles. The van der Waals surface area contributed by atoms with Crippen molar-refractivity contribution in [1.82, 2.24) is 0 Å². The number of hydrogen-bond acceptors (Lipinski definition) is 3. The van der Waals surface area contributed by atoms with Crippen molar-refractivity contribution < 1.29 is 19.4 Å². The molecule has 0 bridgehead atoms. The number of hydrogen-bond donors (Lipinski definition) is 1. The van der Waals surface area contributed by atoms with E-state index in [2.05, 4.69) is 50.3 Å². The number of carbonyl (C=O) groups is 2. The van der Waals surface area contributed by atoms with E-state index in [-0.39, 0.29) is 12.4 Å². The first-order chi connectivity index (χ1) is 15.6. The van der Waals surface area contributed by atoms with E-state index < -0.39 is 12.1 Å². The molecular weight excluding hydrogens is 400 g/mol. The zero-order valence-corrected chi connectivity index (χ0v) is 20.7. The van der Waals surface area contributed by atoms with Crippen LogP contribution in [0.4, 0.5) is 0 Å². The Morgan fingerprint density at radius 3 is 1.84 bits per heavy atom. The van der Waals surface area contributed by atoms with Crippen molar-refractivity contribution in [2.45, 2.75) is 129 Å². The summed E-state index contributed by atoms with van der Waals surface area (Å²) in [5.74, 6) is -1.16. The average Bonchev–Trinajstić information content (AvgIpc) is 2.75. The van der Waals surface area contributed by atoms with E-state index in [4.69, 9.17) is 9.84 Å². The predicted octanol–water partition coefficient (Wildman–Crippen LogP) is 8.32. The van der Waals surface area contributed by atoms with Crippen LogP contribution in [0.5, 0.6) is 0 Å². The van der Waals surface area contributed by atoms with Gasteiger partial charge in [-0.1, -0.05) is 88.8 Å². The monoisotopic (exact) mass is 448 g/mol. The fraction of sp³-hybridized carbons (Fsp3) is 0.714. The lowest BCUT2D eigenvalue weighted by Crippen LogP contribution is -2.21. The molecule has 0 aromatic rings. The van der Waals surface area contributed by atoms with Crippen LogP contribution in [-0.2, 0) is 14.3 Å². The van der Waals surface area contributed by atoms with Gasteiger partial charge in [-0.05, 0) is 57.8 Å². The van der Waals surface area contributed by atoms with Gasteiger partial charge in [0.1, 0.15) is 6.10 Å². The van der Waals surface area contributed by atoms with Crippen molar-refractivity contribution in [2.75, 3.05) is 0 Å². The zero-order valence-electron chi connectivity index (χ0n) is 20.7. The van der Waals surface area contributed by atoms with Gasteiger partial charge in [0.2, 0.25) is 0 Å². The van der Waals surface area contributed by atoms with E-state index >= 15 is 0 Å². The molecule has 0 saturated carbocycles. The summed E-state index contributed by atoms with van der Waals surface area (Å²) in [4.78, 5) is 22.9. The number of unbranched alkanes of at least 4 members (excludes halogenated alkanes) is 9. The van der Waals surface area contributed by atoms with Crippen LogP contribution in [0.3, 0.4) is 0 Å². The molecule has 1 N–H and O–H groups in total. The average molecular weight is 449 g/mol. The molecule has 0 aromatic carbocycles. The molecular formula is C28H48O4. The van der Waals surface area contributed by atoms with Crippen LogP contribution >= 0.6 is 0 Å². The third kappa shape index (κ3) is 22.8. The Balaban J connectivity index is 3.67. The summed E-state index contributed by atoms with van der Waals surface area (Å²) in [6, 6.07) is 0. The summed E-state index contributed by atoms with van der Waals surface area (Å²) < 4.78 is 5.40. The Kier molecular flexibility index (Phi) is 22.4. The van der Waals surface area contributed by atoms with E-state index in [1.165, 1.54) is 25.7 Å². The van der Waals surface area contributed by atoms with E-state index in [1.54, 1.807) is 0 Å². The van der Waals surface area contributed by atoms with Gasteiger partial charge >= 0.3 is 11.9 Å². The van der Waals surface area contributed by atoms with E-state index in [0.29, 0.717) is 12.8 Å². The van der Waals surface area contributed by atoms with Gasteiger partial charge in [-0.2, -0.15) is 0 Å². The van der Waals surface area contributed by atoms with Gasteiger partial charge in [0.25, 0.3) is 0 Å². The molecule has 0 amide bonds. The van der Waals surface area contributed by atoms with Gasteiger partial charge in [0.15, 0.2) is 0 Å². The highest BCUT2D eigenvalue weighted by molar-refractivity contribution is 5.71. The first-order valence-corrected chi connectivity index (χ1v) is 13.0. The second-order valence-corrected chi connectivity index (χ2v) is 8.54. The lowest BCUT2D eigenvalue weighted by molar-refractivity contribution is -0.153. The quantitative estimate of drug-likeness (QED) is 0.103. The topological polar surface area (TPSA) is 63.6 Å². The number of allylic oxidation sites excluding steroid dienone is 6. The minimum atomic E-state index is -0.905. The Hall–Kier alpha value is -1.84. The predicted molar refractivity (Wildman–Crippen MR) is 135 cm³/mol. The molecule has 4 nitrogen and oxygen atoms in total. The second kappa shape index (κ2) is 23.8. The Morgan fingerprint density at radius 2 is 1.25 bits per heavy atom. The first kappa shape index (κ1) is 30.2. The number of carboxylic acid groups (broad SMARTS) is 1. The molecule has 0 aliphatic rings. The van der Waals surface area contributed by atoms with Crippen LogP contribution in [0.25, 0.3) is 0 Å². The molecule has 0 fully saturated rings. The number of aliphatic carboxylic acids is 1. The maximum Gasteiger partial charge on any atom is 0.307 e. The lowest BCUT2D eigenvalue weighted by atomic mass is 10.1. The molecule has 184 valence electrons. The van der Waals surface area contributed by atoms with Gasteiger partial charge in [0.05, 0.1) is 6.42 Å². The molecule has 0 aliphatic heterocycles. The third-order valence-electron chi connectivity index (χ3n) is 5.35. The van der Waals surface area contributed by atoms with Crippen LogP contribution in [0.15, 0.2) is 36.5 Å². The maximum atomic E-state index is 12.0. The van der Waals surface area contributed by atoms with Crippen molar-refractivity contribution in [1.29, 1.82) is 0 Å². The van der Waals surface area contributed by atoms with E-state index in [0.717, 1.165) is 64.2 Å². The summed E-state index contributed by atoms with van der Waals surface area (Å²) >= 11 is 0. The van der Waals surface area contributed by atoms with E-state index in [9.17, 15) is 9.59 Å². The number of carbonyl (C=O) groups excluding carboxylic acids is 1. The van der Waals surface area contributed by atoms with Crippen molar-refractivity contribution in [3.8, 4) is 0 Å². The summed E-state index contributed by atoms with van der Waals surface area (Å²) in [5.41, 5.74) is 0. The Bertz CT molecular complexity index is 534.